The molecular formula is C25H26F3N3O6. The van der Waals surface area contributed by atoms with E-state index in [1.54, 1.807) is 25.3 Å². The van der Waals surface area contributed by atoms with Crippen molar-refractivity contribution in [2.75, 3.05) is 27.4 Å². The lowest BCUT2D eigenvalue weighted by molar-refractivity contribution is -0.192. The third kappa shape index (κ3) is 7.46. The Morgan fingerprint density at radius 1 is 1.16 bits per heavy atom. The molecule has 0 fully saturated rings. The number of aliphatic carboxylic acids is 1. The monoisotopic (exact) mass is 521 g/mol. The second-order valence-corrected chi connectivity index (χ2v) is 7.91. The first-order valence-corrected chi connectivity index (χ1v) is 11.1. The number of aromatic nitrogens is 2. The van der Waals surface area contributed by atoms with Crippen LogP contribution >= 0.6 is 0 Å². The van der Waals surface area contributed by atoms with Crippen molar-refractivity contribution in [2.24, 2.45) is 0 Å². The summed E-state index contributed by atoms with van der Waals surface area (Å²) in [7, 11) is 3.10. The van der Waals surface area contributed by atoms with Crippen molar-refractivity contribution in [3.63, 3.8) is 0 Å². The van der Waals surface area contributed by atoms with Crippen molar-refractivity contribution in [2.45, 2.75) is 25.2 Å². The summed E-state index contributed by atoms with van der Waals surface area (Å²) in [5, 5.41) is 14.8. The van der Waals surface area contributed by atoms with Gasteiger partial charge in [-0.1, -0.05) is 30.3 Å². The summed E-state index contributed by atoms with van der Waals surface area (Å²) in [5.41, 5.74) is 3.65. The summed E-state index contributed by atoms with van der Waals surface area (Å²) < 4.78 is 50.1. The summed E-state index contributed by atoms with van der Waals surface area (Å²) >= 11 is 0. The van der Waals surface area contributed by atoms with Gasteiger partial charge in [0.15, 0.2) is 0 Å². The average molecular weight is 521 g/mol. The first-order valence-electron chi connectivity index (χ1n) is 11.1. The lowest BCUT2D eigenvalue weighted by atomic mass is 10.1. The summed E-state index contributed by atoms with van der Waals surface area (Å²) in [5.74, 6) is -1.92. The number of halogens is 3. The highest BCUT2D eigenvalue weighted by Gasteiger charge is 2.38. The van der Waals surface area contributed by atoms with Crippen molar-refractivity contribution in [1.29, 1.82) is 0 Å². The quantitative estimate of drug-likeness (QED) is 0.489. The van der Waals surface area contributed by atoms with Gasteiger partial charge < -0.3 is 24.6 Å². The molecule has 2 N–H and O–H groups in total. The number of methoxy groups -OCH3 is 2. The number of ether oxygens (including phenoxy) is 3. The fourth-order valence-electron chi connectivity index (χ4n) is 3.61. The average Bonchev–Trinajstić information content (AvgIpc) is 3.30. The van der Waals surface area contributed by atoms with Crippen LogP contribution in [-0.2, 0) is 22.5 Å². The van der Waals surface area contributed by atoms with Gasteiger partial charge in [0.1, 0.15) is 17.6 Å². The maximum Gasteiger partial charge on any atom is 0.490 e. The topological polar surface area (TPSA) is 112 Å². The smallest absolute Gasteiger partial charge is 0.490 e. The van der Waals surface area contributed by atoms with Crippen LogP contribution in [0.1, 0.15) is 33.3 Å². The van der Waals surface area contributed by atoms with Gasteiger partial charge in [0.05, 0.1) is 38.6 Å². The molecule has 9 nitrogen and oxygen atoms in total. The lowest BCUT2D eigenvalue weighted by Gasteiger charge is -2.22. The zero-order chi connectivity index (χ0) is 27.0. The molecule has 12 heteroatoms. The number of benzene rings is 2. The standard InChI is InChI=1S/C23H25N3O4.C2HF3O2/c1-28-18-8-9-20(29-2)19(12-18)23(27)24-13-21-22-17(10-11-30-21)15-26(25-22)14-16-6-4-3-5-7-16;3-2(4,5)1(6)7/h3-9,12,15,21H,10-11,13-14H2,1-2H3,(H,24,27);(H,6,7). The minimum atomic E-state index is -5.08. The maximum atomic E-state index is 12.8. The van der Waals surface area contributed by atoms with Crippen molar-refractivity contribution in [3.05, 3.63) is 77.1 Å². The molecule has 2 aromatic carbocycles. The minimum Gasteiger partial charge on any atom is -0.497 e. The Bertz CT molecular complexity index is 1210. The third-order valence-electron chi connectivity index (χ3n) is 5.39. The molecule has 0 bridgehead atoms. The fourth-order valence-corrected chi connectivity index (χ4v) is 3.61. The van der Waals surface area contributed by atoms with E-state index < -0.39 is 12.1 Å². The predicted molar refractivity (Wildman–Crippen MR) is 126 cm³/mol. The van der Waals surface area contributed by atoms with Crippen molar-refractivity contribution < 1.29 is 42.1 Å². The van der Waals surface area contributed by atoms with Crippen molar-refractivity contribution in [1.82, 2.24) is 15.1 Å². The van der Waals surface area contributed by atoms with Crippen LogP contribution in [0.15, 0.2) is 54.7 Å². The number of hydrogen-bond acceptors (Lipinski definition) is 6. The molecule has 1 atom stereocenters. The highest BCUT2D eigenvalue weighted by atomic mass is 19.4. The number of nitrogens with zero attached hydrogens (tertiary/aromatic N) is 2. The second kappa shape index (κ2) is 12.3. The molecule has 2 heterocycles. The van der Waals surface area contributed by atoms with Crippen LogP contribution in [0.3, 0.4) is 0 Å². The number of carbonyl (C=O) groups is 2. The van der Waals surface area contributed by atoms with E-state index in [1.807, 2.05) is 22.9 Å². The van der Waals surface area contributed by atoms with Gasteiger partial charge in [-0.2, -0.15) is 18.3 Å². The van der Waals surface area contributed by atoms with Gasteiger partial charge in [-0.3, -0.25) is 9.48 Å². The number of carboxylic acids is 1. The molecule has 1 amide bonds. The second-order valence-electron chi connectivity index (χ2n) is 7.91. The van der Waals surface area contributed by atoms with Gasteiger partial charge in [-0.15, -0.1) is 0 Å². The molecule has 0 spiro atoms. The summed E-state index contributed by atoms with van der Waals surface area (Å²) in [6.45, 7) is 1.63. The van der Waals surface area contributed by atoms with E-state index >= 15 is 0 Å². The van der Waals surface area contributed by atoms with Crippen molar-refractivity contribution in [3.8, 4) is 11.5 Å². The van der Waals surface area contributed by atoms with Crippen LogP contribution in [0.4, 0.5) is 13.2 Å². The van der Waals surface area contributed by atoms with Crippen LogP contribution in [0, 0.1) is 0 Å². The molecule has 1 aromatic heterocycles. The molecule has 0 saturated heterocycles. The zero-order valence-corrected chi connectivity index (χ0v) is 20.1. The number of amides is 1. The Morgan fingerprint density at radius 3 is 2.49 bits per heavy atom. The number of rotatable bonds is 7. The van der Waals surface area contributed by atoms with E-state index in [0.717, 1.165) is 17.7 Å². The molecule has 1 aliphatic heterocycles. The number of hydrogen-bond donors (Lipinski definition) is 2. The summed E-state index contributed by atoms with van der Waals surface area (Å²) in [4.78, 5) is 21.7. The van der Waals surface area contributed by atoms with Crippen LogP contribution in [0.25, 0.3) is 0 Å². The Balaban J connectivity index is 0.000000479. The molecule has 1 unspecified atom stereocenters. The molecule has 0 saturated carbocycles. The van der Waals surface area contributed by atoms with Gasteiger partial charge in [-0.05, 0) is 35.7 Å². The van der Waals surface area contributed by atoms with E-state index in [1.165, 1.54) is 12.7 Å². The third-order valence-corrected chi connectivity index (χ3v) is 5.39. The van der Waals surface area contributed by atoms with Crippen molar-refractivity contribution >= 4 is 11.9 Å². The normalized spacial score (nSPS) is 14.6. The Hall–Kier alpha value is -4.06. The highest BCUT2D eigenvalue weighted by molar-refractivity contribution is 5.97. The van der Waals surface area contributed by atoms with Crippen LogP contribution < -0.4 is 14.8 Å². The Morgan fingerprint density at radius 2 is 1.86 bits per heavy atom. The Labute approximate surface area is 210 Å². The van der Waals surface area contributed by atoms with Crippen LogP contribution in [-0.4, -0.2) is 60.3 Å². The Kier molecular flexibility index (Phi) is 9.12. The van der Waals surface area contributed by atoms with E-state index in [2.05, 4.69) is 23.6 Å². The SMILES string of the molecule is COc1ccc(OC)c(C(=O)NCC2OCCc3cn(Cc4ccccc4)nc32)c1.O=C(O)C(F)(F)F. The van der Waals surface area contributed by atoms with Gasteiger partial charge >= 0.3 is 12.1 Å². The highest BCUT2D eigenvalue weighted by Crippen LogP contribution is 2.27. The molecule has 3 aromatic rings. The van der Waals surface area contributed by atoms with Crippen LogP contribution in [0.5, 0.6) is 11.5 Å². The van der Waals surface area contributed by atoms with Gasteiger partial charge in [-0.25, -0.2) is 4.79 Å². The summed E-state index contributed by atoms with van der Waals surface area (Å²) in [6, 6.07) is 15.3. The number of carbonyl (C=O) groups excluding carboxylic acids is 1. The molecular weight excluding hydrogens is 495 g/mol. The van der Waals surface area contributed by atoms with Crippen LogP contribution in [0.2, 0.25) is 0 Å². The van der Waals surface area contributed by atoms with E-state index in [4.69, 9.17) is 29.2 Å². The zero-order valence-electron chi connectivity index (χ0n) is 20.1. The minimum absolute atomic E-state index is 0.245. The molecule has 198 valence electrons. The van der Waals surface area contributed by atoms with Gasteiger partial charge in [0.2, 0.25) is 0 Å². The van der Waals surface area contributed by atoms with E-state index in [9.17, 15) is 18.0 Å². The van der Waals surface area contributed by atoms with E-state index in [0.29, 0.717) is 36.8 Å². The fraction of sp³-hybridized carbons (Fsp3) is 0.320. The largest absolute Gasteiger partial charge is 0.497 e. The molecule has 0 radical (unpaired) electrons. The number of alkyl halides is 3. The lowest BCUT2D eigenvalue weighted by Crippen LogP contribution is -2.32. The number of carboxylic acid groups (broad SMARTS) is 1. The molecule has 37 heavy (non-hydrogen) atoms. The first-order chi connectivity index (χ1) is 17.6. The first kappa shape index (κ1) is 27.5. The molecule has 1 aliphatic rings. The predicted octanol–water partition coefficient (Wildman–Crippen LogP) is 3.63. The van der Waals surface area contributed by atoms with Gasteiger partial charge in [0, 0.05) is 12.7 Å². The van der Waals surface area contributed by atoms with Gasteiger partial charge in [0.25, 0.3) is 5.91 Å². The molecule has 4 rings (SSSR count). The number of nitrogens with one attached hydrogen (secondary N) is 1. The summed E-state index contributed by atoms with van der Waals surface area (Å²) in [6.07, 6.45) is -2.48. The number of fused-ring (bicyclic) bond motifs is 1. The molecule has 0 aliphatic carbocycles. The maximum absolute atomic E-state index is 12.8. The van der Waals surface area contributed by atoms with E-state index in [-0.39, 0.29) is 12.0 Å².